The van der Waals surface area contributed by atoms with E-state index in [-0.39, 0.29) is 6.10 Å². The third-order valence-corrected chi connectivity index (χ3v) is 4.80. The van der Waals surface area contributed by atoms with Gasteiger partial charge in [-0.15, -0.1) is 0 Å². The molecule has 0 spiro atoms. The molecule has 0 radical (unpaired) electrons. The van der Waals surface area contributed by atoms with Gasteiger partial charge in [-0.1, -0.05) is 30.3 Å². The number of aromatic nitrogens is 4. The molecule has 0 aliphatic heterocycles. The molecule has 5 rings (SSSR count). The third kappa shape index (κ3) is 2.81. The molecule has 2 aromatic carbocycles. The Labute approximate surface area is 162 Å². The van der Waals surface area contributed by atoms with Crippen LogP contribution in [0.5, 0.6) is 5.75 Å². The van der Waals surface area contributed by atoms with Crippen molar-refractivity contribution < 1.29 is 4.74 Å². The molecule has 28 heavy (non-hydrogen) atoms. The zero-order valence-corrected chi connectivity index (χ0v) is 15.8. The lowest BCUT2D eigenvalue weighted by atomic mass is 10.1. The Kier molecular flexibility index (Phi) is 3.86. The normalized spacial score (nSPS) is 11.5. The van der Waals surface area contributed by atoms with E-state index in [1.165, 1.54) is 5.39 Å². The van der Waals surface area contributed by atoms with Gasteiger partial charge in [0, 0.05) is 46.2 Å². The number of hydrogen-bond donors (Lipinski definition) is 1. The van der Waals surface area contributed by atoms with Gasteiger partial charge in [0.25, 0.3) is 0 Å². The summed E-state index contributed by atoms with van der Waals surface area (Å²) in [6, 6.07) is 16.3. The van der Waals surface area contributed by atoms with Crippen molar-refractivity contribution in [3.05, 3.63) is 73.3 Å². The highest BCUT2D eigenvalue weighted by Crippen LogP contribution is 2.31. The summed E-state index contributed by atoms with van der Waals surface area (Å²) < 4.78 is 7.56. The lowest BCUT2D eigenvalue weighted by Crippen LogP contribution is -2.05. The average Bonchev–Trinajstić information content (AvgIpc) is 3.31. The van der Waals surface area contributed by atoms with Crippen LogP contribution in [0.3, 0.4) is 0 Å². The van der Waals surface area contributed by atoms with Gasteiger partial charge in [0.05, 0.1) is 12.3 Å². The number of fused-ring (bicyclic) bond motifs is 2. The molecular weight excluding hydrogens is 348 g/mol. The van der Waals surface area contributed by atoms with E-state index in [9.17, 15) is 0 Å². The molecule has 0 saturated heterocycles. The van der Waals surface area contributed by atoms with Gasteiger partial charge in [0.1, 0.15) is 5.75 Å². The Morgan fingerprint density at radius 3 is 2.57 bits per heavy atom. The van der Waals surface area contributed by atoms with E-state index in [4.69, 9.17) is 9.72 Å². The molecule has 3 aromatic heterocycles. The Morgan fingerprint density at radius 1 is 0.929 bits per heavy atom. The van der Waals surface area contributed by atoms with Crippen molar-refractivity contribution in [1.29, 1.82) is 0 Å². The number of ether oxygens (including phenoxy) is 1. The summed E-state index contributed by atoms with van der Waals surface area (Å²) in [6.07, 6.45) is 7.97. The molecule has 0 aliphatic rings. The van der Waals surface area contributed by atoms with Gasteiger partial charge in [-0.3, -0.25) is 0 Å². The Hall–Kier alpha value is -3.60. The fourth-order valence-corrected chi connectivity index (χ4v) is 3.51. The first-order valence-corrected chi connectivity index (χ1v) is 9.36. The van der Waals surface area contributed by atoms with Crippen molar-refractivity contribution in [3.63, 3.8) is 0 Å². The SMILES string of the molecule is CC(C)Oc1ccc(-c2cnc3c(-c4c[nH]c5ccccc45)cnn3c2)cc1. The first-order valence-electron chi connectivity index (χ1n) is 9.36. The third-order valence-electron chi connectivity index (χ3n) is 4.80. The van der Waals surface area contributed by atoms with Crippen molar-refractivity contribution >= 4 is 16.6 Å². The van der Waals surface area contributed by atoms with E-state index in [0.29, 0.717) is 0 Å². The average molecular weight is 368 g/mol. The number of aromatic amines is 1. The number of H-pyrrole nitrogens is 1. The number of rotatable bonds is 4. The maximum absolute atomic E-state index is 5.72. The summed E-state index contributed by atoms with van der Waals surface area (Å²) in [7, 11) is 0. The van der Waals surface area contributed by atoms with Gasteiger partial charge in [-0.2, -0.15) is 5.10 Å². The second kappa shape index (κ2) is 6.53. The fraction of sp³-hybridized carbons (Fsp3) is 0.130. The van der Waals surface area contributed by atoms with E-state index in [1.54, 1.807) is 0 Å². The number of hydrogen-bond acceptors (Lipinski definition) is 3. The largest absolute Gasteiger partial charge is 0.491 e. The van der Waals surface area contributed by atoms with Crippen molar-refractivity contribution in [1.82, 2.24) is 19.6 Å². The number of nitrogens with zero attached hydrogens (tertiary/aromatic N) is 3. The molecule has 0 fully saturated rings. The van der Waals surface area contributed by atoms with Crippen molar-refractivity contribution in [2.24, 2.45) is 0 Å². The van der Waals surface area contributed by atoms with E-state index in [0.717, 1.165) is 39.2 Å². The number of nitrogens with one attached hydrogen (secondary N) is 1. The maximum atomic E-state index is 5.72. The molecule has 0 atom stereocenters. The first-order chi connectivity index (χ1) is 13.7. The van der Waals surface area contributed by atoms with E-state index in [1.807, 2.05) is 79.5 Å². The first kappa shape index (κ1) is 16.6. The van der Waals surface area contributed by atoms with Crippen LogP contribution in [0, 0.1) is 0 Å². The molecule has 0 saturated carbocycles. The van der Waals surface area contributed by atoms with Crippen molar-refractivity contribution in [2.45, 2.75) is 20.0 Å². The molecule has 3 heterocycles. The van der Waals surface area contributed by atoms with Crippen molar-refractivity contribution in [2.75, 3.05) is 0 Å². The second-order valence-corrected chi connectivity index (χ2v) is 7.11. The Bertz CT molecular complexity index is 1270. The number of para-hydroxylation sites is 1. The Morgan fingerprint density at radius 2 is 1.75 bits per heavy atom. The predicted molar refractivity (Wildman–Crippen MR) is 111 cm³/mol. The molecule has 0 unspecified atom stereocenters. The molecule has 1 N–H and O–H groups in total. The van der Waals surface area contributed by atoms with Gasteiger partial charge in [0.2, 0.25) is 0 Å². The summed E-state index contributed by atoms with van der Waals surface area (Å²) >= 11 is 0. The Balaban J connectivity index is 1.53. The predicted octanol–water partition coefficient (Wildman–Crippen LogP) is 5.33. The molecule has 5 nitrogen and oxygen atoms in total. The van der Waals surface area contributed by atoms with E-state index in [2.05, 4.69) is 22.2 Å². The monoisotopic (exact) mass is 368 g/mol. The van der Waals surface area contributed by atoms with Crippen LogP contribution < -0.4 is 4.74 Å². The standard InChI is InChI=1S/C23H20N4O/c1-15(2)28-18-9-7-16(8-10-18)17-11-25-23-21(13-26-27(23)14-17)20-12-24-22-6-4-3-5-19(20)22/h3-15,24H,1-2H3. The van der Waals surface area contributed by atoms with Crippen molar-refractivity contribution in [3.8, 4) is 28.0 Å². The molecule has 0 aliphatic carbocycles. The van der Waals surface area contributed by atoms with E-state index < -0.39 is 0 Å². The summed E-state index contributed by atoms with van der Waals surface area (Å²) in [5, 5.41) is 5.71. The van der Waals surface area contributed by atoms with Crippen LogP contribution >= 0.6 is 0 Å². The minimum Gasteiger partial charge on any atom is -0.491 e. The summed E-state index contributed by atoms with van der Waals surface area (Å²) in [4.78, 5) is 8.03. The topological polar surface area (TPSA) is 55.2 Å². The molecular formula is C23H20N4O. The van der Waals surface area contributed by atoms with Gasteiger partial charge < -0.3 is 9.72 Å². The van der Waals surface area contributed by atoms with Crippen LogP contribution in [-0.2, 0) is 0 Å². The smallest absolute Gasteiger partial charge is 0.162 e. The van der Waals surface area contributed by atoms with Gasteiger partial charge in [0.15, 0.2) is 5.65 Å². The summed E-state index contributed by atoms with van der Waals surface area (Å²) in [5.41, 5.74) is 6.17. The minimum absolute atomic E-state index is 0.163. The number of benzene rings is 2. The summed E-state index contributed by atoms with van der Waals surface area (Å²) in [6.45, 7) is 4.05. The van der Waals surface area contributed by atoms with Crippen LogP contribution in [-0.4, -0.2) is 25.7 Å². The highest BCUT2D eigenvalue weighted by molar-refractivity contribution is 5.98. The van der Waals surface area contributed by atoms with Gasteiger partial charge in [-0.05, 0) is 37.6 Å². The highest BCUT2D eigenvalue weighted by atomic mass is 16.5. The molecule has 138 valence electrons. The van der Waals surface area contributed by atoms with Crippen LogP contribution in [0.15, 0.2) is 73.3 Å². The van der Waals surface area contributed by atoms with Crippen LogP contribution in [0.4, 0.5) is 0 Å². The van der Waals surface area contributed by atoms with Crippen LogP contribution in [0.25, 0.3) is 38.8 Å². The minimum atomic E-state index is 0.163. The quantitative estimate of drug-likeness (QED) is 0.466. The zero-order valence-electron chi connectivity index (χ0n) is 15.8. The highest BCUT2D eigenvalue weighted by Gasteiger charge is 2.13. The fourth-order valence-electron chi connectivity index (χ4n) is 3.51. The summed E-state index contributed by atoms with van der Waals surface area (Å²) in [5.74, 6) is 0.869. The molecule has 0 bridgehead atoms. The van der Waals surface area contributed by atoms with Gasteiger partial charge >= 0.3 is 0 Å². The molecule has 5 aromatic rings. The van der Waals surface area contributed by atoms with Crippen LogP contribution in [0.2, 0.25) is 0 Å². The van der Waals surface area contributed by atoms with E-state index >= 15 is 0 Å². The van der Waals surface area contributed by atoms with Crippen LogP contribution in [0.1, 0.15) is 13.8 Å². The molecule has 0 amide bonds. The second-order valence-electron chi connectivity index (χ2n) is 7.11. The lowest BCUT2D eigenvalue weighted by Gasteiger charge is -2.10. The maximum Gasteiger partial charge on any atom is 0.162 e. The van der Waals surface area contributed by atoms with Gasteiger partial charge in [-0.25, -0.2) is 9.50 Å². The molecule has 5 heteroatoms. The lowest BCUT2D eigenvalue weighted by molar-refractivity contribution is 0.242. The zero-order chi connectivity index (χ0) is 19.1.